The van der Waals surface area contributed by atoms with Crippen LogP contribution < -0.4 is 10.6 Å². The Labute approximate surface area is 179 Å². The van der Waals surface area contributed by atoms with Crippen molar-refractivity contribution in [3.63, 3.8) is 0 Å². The first-order chi connectivity index (χ1) is 13.6. The molecule has 2 aromatic rings. The molecular weight excluding hydrogens is 376 g/mol. The van der Waals surface area contributed by atoms with Crippen LogP contribution in [0.2, 0.25) is 0 Å². The Bertz CT molecular complexity index is 918. The lowest BCUT2D eigenvalue weighted by atomic mass is 9.69. The molecule has 0 bridgehead atoms. The van der Waals surface area contributed by atoms with Gasteiger partial charge in [0.1, 0.15) is 11.2 Å². The summed E-state index contributed by atoms with van der Waals surface area (Å²) in [6, 6.07) is 8.62. The Morgan fingerprint density at radius 1 is 1.07 bits per heavy atom. The molecule has 0 saturated heterocycles. The molecular formula is C25H34N2OS. The summed E-state index contributed by atoms with van der Waals surface area (Å²) in [5.74, 6) is 0.776. The summed E-state index contributed by atoms with van der Waals surface area (Å²) in [7, 11) is 0. The summed E-state index contributed by atoms with van der Waals surface area (Å²) in [5, 5.41) is 7.86. The van der Waals surface area contributed by atoms with Crippen LogP contribution in [0.3, 0.4) is 0 Å². The van der Waals surface area contributed by atoms with Crippen LogP contribution in [0, 0.1) is 11.3 Å². The molecule has 2 atom stereocenters. The topological polar surface area (TPSA) is 41.1 Å². The molecule has 156 valence electrons. The third-order valence-electron chi connectivity index (χ3n) is 7.17. The van der Waals surface area contributed by atoms with Crippen molar-refractivity contribution in [2.45, 2.75) is 78.8 Å². The van der Waals surface area contributed by atoms with Crippen molar-refractivity contribution in [2.24, 2.45) is 11.3 Å². The molecule has 1 aromatic heterocycles. The number of carbonyl (C=O) groups excluding carboxylic acids is 1. The molecule has 2 heterocycles. The predicted octanol–water partition coefficient (Wildman–Crippen LogP) is 6.44. The summed E-state index contributed by atoms with van der Waals surface area (Å²) in [6.45, 7) is 13.7. The lowest BCUT2D eigenvalue weighted by molar-refractivity contribution is 0.0934. The molecule has 1 aliphatic heterocycles. The van der Waals surface area contributed by atoms with E-state index in [2.05, 4.69) is 76.4 Å². The van der Waals surface area contributed by atoms with Gasteiger partial charge in [-0.1, -0.05) is 72.2 Å². The number of carbonyl (C=O) groups is 1. The van der Waals surface area contributed by atoms with Gasteiger partial charge in [-0.15, -0.1) is 11.3 Å². The minimum absolute atomic E-state index is 0.0781. The minimum Gasteiger partial charge on any atom is -0.353 e. The first-order valence-electron chi connectivity index (χ1n) is 10.9. The van der Waals surface area contributed by atoms with Crippen LogP contribution in [0.25, 0.3) is 0 Å². The van der Waals surface area contributed by atoms with E-state index < -0.39 is 0 Å². The van der Waals surface area contributed by atoms with E-state index in [0.29, 0.717) is 11.3 Å². The third kappa shape index (κ3) is 3.72. The van der Waals surface area contributed by atoms with Gasteiger partial charge in [-0.05, 0) is 52.7 Å². The number of nitrogens with one attached hydrogen (secondary N) is 2. The summed E-state index contributed by atoms with van der Waals surface area (Å²) in [6.07, 6.45) is 4.35. The van der Waals surface area contributed by atoms with Gasteiger partial charge in [-0.25, -0.2) is 0 Å². The molecule has 4 heteroatoms. The molecule has 3 nitrogen and oxygen atoms in total. The Kier molecular flexibility index (Phi) is 5.05. The zero-order valence-electron chi connectivity index (χ0n) is 18.6. The van der Waals surface area contributed by atoms with E-state index in [0.717, 1.165) is 29.0 Å². The summed E-state index contributed by atoms with van der Waals surface area (Å²) >= 11 is 1.81. The molecule has 1 aliphatic carbocycles. The second-order valence-corrected chi connectivity index (χ2v) is 11.5. The van der Waals surface area contributed by atoms with E-state index in [4.69, 9.17) is 0 Å². The second-order valence-electron chi connectivity index (χ2n) is 10.4. The van der Waals surface area contributed by atoms with E-state index in [1.165, 1.54) is 28.8 Å². The number of fused-ring (bicyclic) bond motifs is 3. The number of hydrogen-bond donors (Lipinski definition) is 2. The highest BCUT2D eigenvalue weighted by Crippen LogP contribution is 2.47. The maximum atomic E-state index is 13.0. The van der Waals surface area contributed by atoms with E-state index in [9.17, 15) is 4.79 Å². The molecule has 2 N–H and O–H groups in total. The summed E-state index contributed by atoms with van der Waals surface area (Å²) < 4.78 is 0. The number of thiophene rings is 1. The quantitative estimate of drug-likeness (QED) is 0.611. The highest BCUT2D eigenvalue weighted by molar-refractivity contribution is 7.16. The highest BCUT2D eigenvalue weighted by Gasteiger charge is 2.37. The fourth-order valence-corrected chi connectivity index (χ4v) is 5.95. The van der Waals surface area contributed by atoms with Gasteiger partial charge in [0.15, 0.2) is 0 Å². The van der Waals surface area contributed by atoms with Gasteiger partial charge in [-0.2, -0.15) is 0 Å². The fraction of sp³-hybridized carbons (Fsp3) is 0.560. The van der Waals surface area contributed by atoms with Crippen molar-refractivity contribution in [1.29, 1.82) is 0 Å². The fourth-order valence-electron chi connectivity index (χ4n) is 4.60. The van der Waals surface area contributed by atoms with Gasteiger partial charge in [0.25, 0.3) is 5.91 Å². The van der Waals surface area contributed by atoms with Crippen molar-refractivity contribution >= 4 is 22.2 Å². The minimum atomic E-state index is -0.160. The van der Waals surface area contributed by atoms with Gasteiger partial charge < -0.3 is 10.6 Å². The second kappa shape index (κ2) is 7.16. The lowest BCUT2D eigenvalue weighted by Crippen LogP contribution is -2.38. The lowest BCUT2D eigenvalue weighted by Gasteiger charge is -2.36. The molecule has 0 unspecified atom stereocenters. The first kappa shape index (κ1) is 20.5. The Balaban J connectivity index is 1.59. The van der Waals surface area contributed by atoms with Crippen LogP contribution in [0.1, 0.15) is 92.5 Å². The highest BCUT2D eigenvalue weighted by atomic mass is 32.1. The monoisotopic (exact) mass is 410 g/mol. The van der Waals surface area contributed by atoms with Crippen molar-refractivity contribution in [3.8, 4) is 0 Å². The van der Waals surface area contributed by atoms with Crippen molar-refractivity contribution in [3.05, 3.63) is 51.4 Å². The molecule has 0 saturated carbocycles. The van der Waals surface area contributed by atoms with Crippen molar-refractivity contribution in [1.82, 2.24) is 5.32 Å². The summed E-state index contributed by atoms with van der Waals surface area (Å²) in [4.78, 5) is 14.4. The average molecular weight is 411 g/mol. The van der Waals surface area contributed by atoms with Crippen molar-refractivity contribution in [2.75, 3.05) is 5.32 Å². The molecule has 4 rings (SSSR count). The van der Waals surface area contributed by atoms with Crippen LogP contribution in [-0.4, -0.2) is 5.91 Å². The van der Waals surface area contributed by atoms with Gasteiger partial charge >= 0.3 is 0 Å². The average Bonchev–Trinajstić information content (AvgIpc) is 3.05. The maximum absolute atomic E-state index is 13.0. The summed E-state index contributed by atoms with van der Waals surface area (Å²) in [5.41, 5.74) is 5.09. The largest absolute Gasteiger partial charge is 0.353 e. The smallest absolute Gasteiger partial charge is 0.256 e. The predicted molar refractivity (Wildman–Crippen MR) is 123 cm³/mol. The number of amides is 1. The molecule has 0 radical (unpaired) electrons. The van der Waals surface area contributed by atoms with Crippen LogP contribution in [0.4, 0.5) is 5.00 Å². The van der Waals surface area contributed by atoms with E-state index >= 15 is 0 Å². The molecule has 1 aromatic carbocycles. The molecule has 2 aliphatic rings. The molecule has 0 fully saturated rings. The zero-order chi connectivity index (χ0) is 21.0. The normalized spacial score (nSPS) is 21.8. The maximum Gasteiger partial charge on any atom is 0.256 e. The SMILES string of the molecule is CCC(C)(C)[C@@H]1CCc2c(sc3c2C(=O)N[C@H](c2ccc(C(C)(C)C)cc2)N3)C1. The molecule has 29 heavy (non-hydrogen) atoms. The molecule has 0 spiro atoms. The Hall–Kier alpha value is -1.81. The first-order valence-corrected chi connectivity index (χ1v) is 11.7. The number of anilines is 1. The van der Waals surface area contributed by atoms with Crippen LogP contribution in [0.5, 0.6) is 0 Å². The van der Waals surface area contributed by atoms with Crippen LogP contribution in [-0.2, 0) is 18.3 Å². The molecule has 1 amide bonds. The van der Waals surface area contributed by atoms with Crippen LogP contribution >= 0.6 is 11.3 Å². The standard InChI is InChI=1S/C25H34N2OS/c1-7-25(5,6)17-12-13-18-19(14-17)29-23-20(18)22(28)26-21(27-23)15-8-10-16(11-9-15)24(2,3)4/h8-11,17,21,27H,7,12-14H2,1-6H3,(H,26,28)/t17-,21+/m1/s1. The number of rotatable bonds is 3. The zero-order valence-corrected chi connectivity index (χ0v) is 19.4. The van der Waals surface area contributed by atoms with Crippen LogP contribution in [0.15, 0.2) is 24.3 Å². The van der Waals surface area contributed by atoms with Crippen molar-refractivity contribution < 1.29 is 4.79 Å². The third-order valence-corrected chi connectivity index (χ3v) is 8.36. The van der Waals surface area contributed by atoms with Gasteiger partial charge in [0.2, 0.25) is 0 Å². The Morgan fingerprint density at radius 3 is 2.38 bits per heavy atom. The van der Waals surface area contributed by atoms with Gasteiger partial charge in [0, 0.05) is 4.88 Å². The number of hydrogen-bond acceptors (Lipinski definition) is 3. The van der Waals surface area contributed by atoms with Gasteiger partial charge in [-0.3, -0.25) is 4.79 Å². The number of benzene rings is 1. The van der Waals surface area contributed by atoms with E-state index in [1.54, 1.807) is 11.3 Å². The Morgan fingerprint density at radius 2 is 1.76 bits per heavy atom. The van der Waals surface area contributed by atoms with Gasteiger partial charge in [0.05, 0.1) is 5.56 Å². The van der Waals surface area contributed by atoms with E-state index in [-0.39, 0.29) is 17.5 Å². The van der Waals surface area contributed by atoms with E-state index in [1.807, 2.05) is 0 Å².